The Balaban J connectivity index is 2.01. The second kappa shape index (κ2) is 5.66. The van der Waals surface area contributed by atoms with Gasteiger partial charge in [-0.2, -0.15) is 5.26 Å². The molecule has 0 atom stereocenters. The second-order valence-corrected chi connectivity index (χ2v) is 4.86. The van der Waals surface area contributed by atoms with Crippen LogP contribution in [0.5, 0.6) is 0 Å². The molecule has 1 aliphatic heterocycles. The van der Waals surface area contributed by atoms with E-state index in [1.165, 1.54) is 6.42 Å². The maximum absolute atomic E-state index is 9.41. The van der Waals surface area contributed by atoms with Crippen molar-refractivity contribution >= 4 is 11.6 Å². The van der Waals surface area contributed by atoms with E-state index in [1.807, 2.05) is 18.2 Å². The summed E-state index contributed by atoms with van der Waals surface area (Å²) in [5.74, 6) is 1.66. The lowest BCUT2D eigenvalue weighted by molar-refractivity contribution is 0.627. The van der Waals surface area contributed by atoms with Gasteiger partial charge < -0.3 is 4.57 Å². The summed E-state index contributed by atoms with van der Waals surface area (Å²) in [6, 6.07) is 6.01. The normalized spacial score (nSPS) is 15.2. The van der Waals surface area contributed by atoms with Crippen molar-refractivity contribution in [3.63, 3.8) is 0 Å². The van der Waals surface area contributed by atoms with Crippen molar-refractivity contribution in [1.29, 1.82) is 5.26 Å². The fourth-order valence-corrected chi connectivity index (χ4v) is 2.46. The van der Waals surface area contributed by atoms with E-state index < -0.39 is 0 Å². The Morgan fingerprint density at radius 3 is 3.05 bits per heavy atom. The number of nitrogens with zero attached hydrogens (tertiary/aromatic N) is 5. The number of aromatic nitrogens is 4. The van der Waals surface area contributed by atoms with Crippen molar-refractivity contribution in [2.45, 2.75) is 32.2 Å². The third-order valence-electron chi connectivity index (χ3n) is 3.47. The quantitative estimate of drug-likeness (QED) is 0.782. The molecule has 3 heterocycles. The lowest BCUT2D eigenvalue weighted by Gasteiger charge is -2.05. The molecule has 0 saturated heterocycles. The number of pyridine rings is 1. The van der Waals surface area contributed by atoms with E-state index >= 15 is 0 Å². The van der Waals surface area contributed by atoms with E-state index in [0.29, 0.717) is 11.4 Å². The summed E-state index contributed by atoms with van der Waals surface area (Å²) < 4.78 is 2.08. The molecule has 0 radical (unpaired) electrons. The van der Waals surface area contributed by atoms with Crippen LogP contribution in [0.25, 0.3) is 11.6 Å². The molecule has 0 aliphatic carbocycles. The molecular formula is C15H15N5. The molecule has 0 spiro atoms. The molecule has 1 aliphatic rings. The van der Waals surface area contributed by atoms with Gasteiger partial charge in [-0.05, 0) is 30.5 Å². The Bertz CT molecular complexity index is 663. The predicted octanol–water partition coefficient (Wildman–Crippen LogP) is 2.46. The van der Waals surface area contributed by atoms with E-state index in [4.69, 9.17) is 0 Å². The van der Waals surface area contributed by atoms with E-state index in [0.717, 1.165) is 37.2 Å². The van der Waals surface area contributed by atoms with Crippen LogP contribution in [0.3, 0.4) is 0 Å². The molecule has 0 N–H and O–H groups in total. The van der Waals surface area contributed by atoms with Gasteiger partial charge in [0.15, 0.2) is 5.82 Å². The minimum absolute atomic E-state index is 0.540. The molecule has 0 aromatic carbocycles. The SMILES string of the molecule is N#C/C(=C/c1cccnc1)c1nnc2n1CCCCC2. The van der Waals surface area contributed by atoms with E-state index in [1.54, 1.807) is 12.4 Å². The lowest BCUT2D eigenvalue weighted by Crippen LogP contribution is -2.05. The van der Waals surface area contributed by atoms with Crippen molar-refractivity contribution in [3.8, 4) is 6.07 Å². The molecule has 2 aromatic rings. The first kappa shape index (κ1) is 12.5. The van der Waals surface area contributed by atoms with Crippen LogP contribution in [0, 0.1) is 11.3 Å². The molecule has 0 saturated carbocycles. The van der Waals surface area contributed by atoms with Gasteiger partial charge in [0.25, 0.3) is 0 Å². The molecule has 20 heavy (non-hydrogen) atoms. The number of nitriles is 1. The van der Waals surface area contributed by atoms with Crippen LogP contribution in [0.4, 0.5) is 0 Å². The average Bonchev–Trinajstić information content (AvgIpc) is 2.74. The van der Waals surface area contributed by atoms with Crippen LogP contribution >= 0.6 is 0 Å². The number of fused-ring (bicyclic) bond motifs is 1. The van der Waals surface area contributed by atoms with Crippen LogP contribution < -0.4 is 0 Å². The molecule has 3 rings (SSSR count). The molecule has 0 amide bonds. The summed E-state index contributed by atoms with van der Waals surface area (Å²) in [5, 5.41) is 17.9. The van der Waals surface area contributed by atoms with Crippen molar-refractivity contribution in [2.75, 3.05) is 0 Å². The minimum Gasteiger partial charge on any atom is -0.310 e. The lowest BCUT2D eigenvalue weighted by atomic mass is 10.1. The summed E-state index contributed by atoms with van der Waals surface area (Å²) in [6.07, 6.45) is 9.67. The molecule has 100 valence electrons. The molecular weight excluding hydrogens is 250 g/mol. The predicted molar refractivity (Wildman–Crippen MR) is 75.3 cm³/mol. The molecule has 2 aromatic heterocycles. The van der Waals surface area contributed by atoms with Crippen molar-refractivity contribution in [1.82, 2.24) is 19.7 Å². The Morgan fingerprint density at radius 1 is 1.30 bits per heavy atom. The maximum Gasteiger partial charge on any atom is 0.174 e. The smallest absolute Gasteiger partial charge is 0.174 e. The summed E-state index contributed by atoms with van der Waals surface area (Å²) in [4.78, 5) is 4.06. The van der Waals surface area contributed by atoms with Crippen LogP contribution in [-0.2, 0) is 13.0 Å². The van der Waals surface area contributed by atoms with Crippen molar-refractivity contribution in [2.24, 2.45) is 0 Å². The fraction of sp³-hybridized carbons (Fsp3) is 0.333. The van der Waals surface area contributed by atoms with Gasteiger partial charge in [-0.15, -0.1) is 10.2 Å². The van der Waals surface area contributed by atoms with Gasteiger partial charge >= 0.3 is 0 Å². The maximum atomic E-state index is 9.41. The van der Waals surface area contributed by atoms with Crippen molar-refractivity contribution in [3.05, 3.63) is 41.7 Å². The van der Waals surface area contributed by atoms with Gasteiger partial charge in [0.1, 0.15) is 11.9 Å². The summed E-state index contributed by atoms with van der Waals surface area (Å²) in [6.45, 7) is 0.893. The fourth-order valence-electron chi connectivity index (χ4n) is 2.46. The molecule has 0 fully saturated rings. The highest BCUT2D eigenvalue weighted by molar-refractivity contribution is 5.87. The number of rotatable bonds is 2. The average molecular weight is 265 g/mol. The molecule has 5 nitrogen and oxygen atoms in total. The Labute approximate surface area is 117 Å². The highest BCUT2D eigenvalue weighted by atomic mass is 15.3. The number of allylic oxidation sites excluding steroid dienone is 1. The number of aryl methyl sites for hydroxylation is 1. The third-order valence-corrected chi connectivity index (χ3v) is 3.47. The zero-order chi connectivity index (χ0) is 13.8. The molecule has 0 unspecified atom stereocenters. The van der Waals surface area contributed by atoms with Gasteiger partial charge in [0, 0.05) is 25.4 Å². The van der Waals surface area contributed by atoms with Crippen LogP contribution in [0.2, 0.25) is 0 Å². The molecule has 0 bridgehead atoms. The summed E-state index contributed by atoms with van der Waals surface area (Å²) in [5.41, 5.74) is 1.44. The summed E-state index contributed by atoms with van der Waals surface area (Å²) in [7, 11) is 0. The Kier molecular flexibility index (Phi) is 3.55. The van der Waals surface area contributed by atoms with Gasteiger partial charge in [-0.1, -0.05) is 12.5 Å². The highest BCUT2D eigenvalue weighted by Gasteiger charge is 2.17. The van der Waals surface area contributed by atoms with E-state index in [-0.39, 0.29) is 0 Å². The largest absolute Gasteiger partial charge is 0.310 e. The van der Waals surface area contributed by atoms with Crippen molar-refractivity contribution < 1.29 is 0 Å². The standard InChI is InChI=1S/C15H15N5/c16-10-13(9-12-5-4-7-17-11-12)15-19-18-14-6-2-1-3-8-20(14)15/h4-5,7,9,11H,1-3,6,8H2/b13-9-. The van der Waals surface area contributed by atoms with Crippen LogP contribution in [-0.4, -0.2) is 19.7 Å². The van der Waals surface area contributed by atoms with Gasteiger partial charge in [0.05, 0.1) is 5.57 Å². The van der Waals surface area contributed by atoms with Gasteiger partial charge in [-0.25, -0.2) is 0 Å². The van der Waals surface area contributed by atoms with Gasteiger partial charge in [-0.3, -0.25) is 4.98 Å². The summed E-state index contributed by atoms with van der Waals surface area (Å²) >= 11 is 0. The Hall–Kier alpha value is -2.48. The highest BCUT2D eigenvalue weighted by Crippen LogP contribution is 2.20. The first-order chi connectivity index (χ1) is 9.88. The second-order valence-electron chi connectivity index (χ2n) is 4.86. The topological polar surface area (TPSA) is 67.4 Å². The number of hydrogen-bond acceptors (Lipinski definition) is 4. The van der Waals surface area contributed by atoms with E-state index in [9.17, 15) is 5.26 Å². The first-order valence-electron chi connectivity index (χ1n) is 6.83. The zero-order valence-electron chi connectivity index (χ0n) is 11.2. The van der Waals surface area contributed by atoms with Crippen LogP contribution in [0.15, 0.2) is 24.5 Å². The first-order valence-corrected chi connectivity index (χ1v) is 6.83. The third kappa shape index (κ3) is 2.45. The van der Waals surface area contributed by atoms with Gasteiger partial charge in [0.2, 0.25) is 0 Å². The Morgan fingerprint density at radius 2 is 2.25 bits per heavy atom. The molecule has 5 heteroatoms. The minimum atomic E-state index is 0.540. The monoisotopic (exact) mass is 265 g/mol. The van der Waals surface area contributed by atoms with E-state index in [2.05, 4.69) is 25.8 Å². The number of hydrogen-bond donors (Lipinski definition) is 0. The van der Waals surface area contributed by atoms with Crippen LogP contribution in [0.1, 0.15) is 36.5 Å². The zero-order valence-corrected chi connectivity index (χ0v) is 11.2.